The van der Waals surface area contributed by atoms with Crippen molar-refractivity contribution in [2.45, 2.75) is 13.0 Å². The summed E-state index contributed by atoms with van der Waals surface area (Å²) in [6.07, 6.45) is 3.43. The summed E-state index contributed by atoms with van der Waals surface area (Å²) in [5, 5.41) is 9.31. The number of piperazine rings is 1. The fourth-order valence-electron chi connectivity index (χ4n) is 2.80. The van der Waals surface area contributed by atoms with Crippen LogP contribution in [0.3, 0.4) is 0 Å². The zero-order valence-corrected chi connectivity index (χ0v) is 15.3. The Hall–Kier alpha value is -3.24. The van der Waals surface area contributed by atoms with E-state index < -0.39 is 0 Å². The first-order valence-electron chi connectivity index (χ1n) is 8.67. The maximum absolute atomic E-state index is 11.2. The van der Waals surface area contributed by atoms with Crippen LogP contribution in [0, 0.1) is 11.3 Å². The van der Waals surface area contributed by atoms with Crippen molar-refractivity contribution >= 4 is 11.8 Å². The number of benzene rings is 1. The number of rotatable bonds is 3. The summed E-state index contributed by atoms with van der Waals surface area (Å²) in [5.41, 5.74) is 6.44. The molecule has 0 saturated carbocycles. The van der Waals surface area contributed by atoms with Crippen LogP contribution < -0.4 is 5.73 Å². The van der Waals surface area contributed by atoms with E-state index in [2.05, 4.69) is 16.0 Å². The highest BCUT2D eigenvalue weighted by Gasteiger charge is 2.25. The molecule has 1 aliphatic rings. The highest BCUT2D eigenvalue weighted by Crippen LogP contribution is 2.20. The molecule has 1 fully saturated rings. The minimum absolute atomic E-state index is 0.101. The van der Waals surface area contributed by atoms with Crippen LogP contribution in [0.1, 0.15) is 28.9 Å². The van der Waals surface area contributed by atoms with Crippen LogP contribution in [-0.4, -0.2) is 52.8 Å². The quantitative estimate of drug-likeness (QED) is 0.890. The molecule has 1 unspecified atom stereocenters. The van der Waals surface area contributed by atoms with E-state index in [0.29, 0.717) is 18.7 Å². The van der Waals surface area contributed by atoms with Crippen molar-refractivity contribution in [3.63, 3.8) is 0 Å². The molecule has 7 nitrogen and oxygen atoms in total. The standard InChI is InChI=1S/C13H16N4O.C7H7NO/c1-11(18)16-5-7-17(8-6-16)13(9-14)12-3-2-4-15-10-12;8-7(9)6-4-2-1-3-5-6/h2-4,10,13H,5-8H2,1H3;1-5H,(H2,8,9). The molecule has 2 aromatic rings. The zero-order chi connectivity index (χ0) is 19.6. The van der Waals surface area contributed by atoms with Crippen molar-refractivity contribution in [2.75, 3.05) is 26.2 Å². The number of hydrogen-bond donors (Lipinski definition) is 1. The van der Waals surface area contributed by atoms with Crippen molar-refractivity contribution in [2.24, 2.45) is 5.73 Å². The smallest absolute Gasteiger partial charge is 0.248 e. The van der Waals surface area contributed by atoms with Gasteiger partial charge in [-0.1, -0.05) is 24.3 Å². The summed E-state index contributed by atoms with van der Waals surface area (Å²) >= 11 is 0. The predicted molar refractivity (Wildman–Crippen MR) is 101 cm³/mol. The largest absolute Gasteiger partial charge is 0.366 e. The Balaban J connectivity index is 0.000000244. The Morgan fingerprint density at radius 3 is 2.22 bits per heavy atom. The Morgan fingerprint density at radius 2 is 1.78 bits per heavy atom. The molecule has 0 spiro atoms. The van der Waals surface area contributed by atoms with Gasteiger partial charge in [0.2, 0.25) is 11.8 Å². The van der Waals surface area contributed by atoms with E-state index in [4.69, 9.17) is 5.73 Å². The molecule has 0 aliphatic carbocycles. The SMILES string of the molecule is CC(=O)N1CCN(C(C#N)c2cccnc2)CC1.NC(=O)c1ccccc1. The Bertz CT molecular complexity index is 781. The van der Waals surface area contributed by atoms with Crippen molar-refractivity contribution in [3.8, 4) is 6.07 Å². The first-order valence-corrected chi connectivity index (χ1v) is 8.67. The predicted octanol–water partition coefficient (Wildman–Crippen LogP) is 1.60. The minimum Gasteiger partial charge on any atom is -0.366 e. The van der Waals surface area contributed by atoms with Gasteiger partial charge >= 0.3 is 0 Å². The Morgan fingerprint density at radius 1 is 1.11 bits per heavy atom. The van der Waals surface area contributed by atoms with Gasteiger partial charge in [0.1, 0.15) is 6.04 Å². The molecule has 2 amide bonds. The highest BCUT2D eigenvalue weighted by atomic mass is 16.2. The van der Waals surface area contributed by atoms with Gasteiger partial charge in [-0.25, -0.2) is 0 Å². The van der Waals surface area contributed by atoms with E-state index in [1.54, 1.807) is 43.6 Å². The maximum atomic E-state index is 11.2. The molecule has 1 atom stereocenters. The van der Waals surface area contributed by atoms with E-state index in [0.717, 1.165) is 18.7 Å². The van der Waals surface area contributed by atoms with Gasteiger partial charge in [0.25, 0.3) is 0 Å². The minimum atomic E-state index is -0.379. The lowest BCUT2D eigenvalue weighted by Gasteiger charge is -2.36. The summed E-state index contributed by atoms with van der Waals surface area (Å²) in [6, 6.07) is 14.6. The monoisotopic (exact) mass is 365 g/mol. The van der Waals surface area contributed by atoms with Gasteiger partial charge in [-0.05, 0) is 18.2 Å². The summed E-state index contributed by atoms with van der Waals surface area (Å²) in [4.78, 5) is 29.6. The van der Waals surface area contributed by atoms with Gasteiger partial charge in [0.05, 0.1) is 6.07 Å². The van der Waals surface area contributed by atoms with Crippen LogP contribution in [0.2, 0.25) is 0 Å². The van der Waals surface area contributed by atoms with Crippen LogP contribution in [0.5, 0.6) is 0 Å². The second-order valence-corrected chi connectivity index (χ2v) is 6.09. The lowest BCUT2D eigenvalue weighted by Crippen LogP contribution is -2.48. The summed E-state index contributed by atoms with van der Waals surface area (Å²) in [7, 11) is 0. The topological polar surface area (TPSA) is 103 Å². The summed E-state index contributed by atoms with van der Waals surface area (Å²) in [5.74, 6) is -0.278. The van der Waals surface area contributed by atoms with Gasteiger partial charge in [-0.2, -0.15) is 5.26 Å². The molecule has 0 bridgehead atoms. The second-order valence-electron chi connectivity index (χ2n) is 6.09. The fraction of sp³-hybridized carbons (Fsp3) is 0.300. The lowest BCUT2D eigenvalue weighted by molar-refractivity contribution is -0.130. The molecule has 1 aromatic heterocycles. The second kappa shape index (κ2) is 10.0. The van der Waals surface area contributed by atoms with Crippen LogP contribution in [0.15, 0.2) is 54.9 Å². The number of amides is 2. The van der Waals surface area contributed by atoms with E-state index in [-0.39, 0.29) is 17.9 Å². The normalized spacial score (nSPS) is 15.0. The third-order valence-electron chi connectivity index (χ3n) is 4.31. The Labute approximate surface area is 159 Å². The van der Waals surface area contributed by atoms with Crippen LogP contribution in [0.25, 0.3) is 0 Å². The molecular formula is C20H23N5O2. The van der Waals surface area contributed by atoms with Crippen molar-refractivity contribution < 1.29 is 9.59 Å². The molecule has 0 radical (unpaired) electrons. The number of hydrogen-bond acceptors (Lipinski definition) is 5. The van der Waals surface area contributed by atoms with Crippen molar-refractivity contribution in [1.29, 1.82) is 5.26 Å². The van der Waals surface area contributed by atoms with E-state index in [1.807, 2.05) is 23.1 Å². The van der Waals surface area contributed by atoms with Crippen LogP contribution in [-0.2, 0) is 4.79 Å². The third kappa shape index (κ3) is 5.90. The number of primary amides is 1. The van der Waals surface area contributed by atoms with Gasteiger partial charge in [0.15, 0.2) is 0 Å². The average molecular weight is 365 g/mol. The van der Waals surface area contributed by atoms with Gasteiger partial charge in [-0.15, -0.1) is 0 Å². The molecule has 3 rings (SSSR count). The van der Waals surface area contributed by atoms with Crippen molar-refractivity contribution in [1.82, 2.24) is 14.8 Å². The molecule has 2 heterocycles. The number of carbonyl (C=O) groups is 2. The first kappa shape index (κ1) is 20.1. The molecule has 27 heavy (non-hydrogen) atoms. The van der Waals surface area contributed by atoms with Gasteiger partial charge in [0, 0.05) is 56.6 Å². The number of nitriles is 1. The van der Waals surface area contributed by atoms with Crippen LogP contribution >= 0.6 is 0 Å². The Kier molecular flexibility index (Phi) is 7.47. The number of nitrogens with zero attached hydrogens (tertiary/aromatic N) is 4. The molecule has 1 aromatic carbocycles. The van der Waals surface area contributed by atoms with Crippen molar-refractivity contribution in [3.05, 3.63) is 66.0 Å². The molecule has 7 heteroatoms. The zero-order valence-electron chi connectivity index (χ0n) is 15.3. The molecule has 1 aliphatic heterocycles. The number of nitrogens with two attached hydrogens (primary N) is 1. The van der Waals surface area contributed by atoms with E-state index >= 15 is 0 Å². The summed E-state index contributed by atoms with van der Waals surface area (Å²) < 4.78 is 0. The summed E-state index contributed by atoms with van der Waals surface area (Å²) in [6.45, 7) is 4.42. The van der Waals surface area contributed by atoms with Crippen LogP contribution in [0.4, 0.5) is 0 Å². The van der Waals surface area contributed by atoms with Gasteiger partial charge < -0.3 is 10.6 Å². The average Bonchev–Trinajstić information content (AvgIpc) is 2.71. The molecule has 2 N–H and O–H groups in total. The van der Waals surface area contributed by atoms with E-state index in [1.165, 1.54) is 0 Å². The lowest BCUT2D eigenvalue weighted by atomic mass is 10.1. The van der Waals surface area contributed by atoms with E-state index in [9.17, 15) is 14.9 Å². The molecular weight excluding hydrogens is 342 g/mol. The van der Waals surface area contributed by atoms with Gasteiger partial charge in [-0.3, -0.25) is 19.5 Å². The fourth-order valence-corrected chi connectivity index (χ4v) is 2.80. The number of carbonyl (C=O) groups excluding carboxylic acids is 2. The number of pyridine rings is 1. The highest BCUT2D eigenvalue weighted by molar-refractivity contribution is 5.92. The maximum Gasteiger partial charge on any atom is 0.248 e. The third-order valence-corrected chi connectivity index (χ3v) is 4.31. The molecule has 1 saturated heterocycles. The molecule has 140 valence electrons. The first-order chi connectivity index (χ1) is 13.0. The number of aromatic nitrogens is 1.